The summed E-state index contributed by atoms with van der Waals surface area (Å²) in [5.41, 5.74) is 10.9. The third-order valence-electron chi connectivity index (χ3n) is 10.1. The van der Waals surface area contributed by atoms with Crippen LogP contribution >= 0.6 is 0 Å². The van der Waals surface area contributed by atoms with E-state index >= 15 is 0 Å². The van der Waals surface area contributed by atoms with Gasteiger partial charge in [0, 0.05) is 34.1 Å². The molecule has 0 radical (unpaired) electrons. The Labute approximate surface area is 328 Å². The van der Waals surface area contributed by atoms with Gasteiger partial charge in [-0.3, -0.25) is 0 Å². The van der Waals surface area contributed by atoms with E-state index < -0.39 is 0 Å². The smallest absolute Gasteiger partial charge is 0.119 e. The van der Waals surface area contributed by atoms with Crippen molar-refractivity contribution in [2.75, 3.05) is 38.2 Å². The average molecular weight is 735 g/mol. The minimum atomic E-state index is 0.818. The molecule has 0 saturated heterocycles. The van der Waals surface area contributed by atoms with Gasteiger partial charge in [-0.15, -0.1) is 0 Å². The van der Waals surface area contributed by atoms with Gasteiger partial charge in [0.1, 0.15) is 23.0 Å². The molecule has 56 heavy (non-hydrogen) atoms. The minimum absolute atomic E-state index is 0.818. The standard InChI is InChI=1S/C50H42N2O4/c1-53-47-25-17-43(18-26-47)51(44-19-27-48(54-2)28-20-44)41-13-9-35(10-14-41)37-5-7-40-34-38(6-8-39(40)33-37)36-11-15-42(16-12-36)52(45-21-29-49(55-3)30-22-45)46-23-31-50(56-4)32-24-46/h5-34H,1-4H3. The lowest BCUT2D eigenvalue weighted by atomic mass is 9.97. The Kier molecular flexibility index (Phi) is 10.3. The summed E-state index contributed by atoms with van der Waals surface area (Å²) in [5.74, 6) is 3.27. The van der Waals surface area contributed by atoms with E-state index in [-0.39, 0.29) is 0 Å². The molecule has 276 valence electrons. The minimum Gasteiger partial charge on any atom is -0.497 e. The molecule has 6 heteroatoms. The van der Waals surface area contributed by atoms with Crippen molar-refractivity contribution >= 4 is 44.9 Å². The molecule has 8 aromatic rings. The summed E-state index contributed by atoms with van der Waals surface area (Å²) in [6.45, 7) is 0. The molecule has 0 aliphatic heterocycles. The summed E-state index contributed by atoms with van der Waals surface area (Å²) in [5, 5.41) is 2.38. The summed E-state index contributed by atoms with van der Waals surface area (Å²) in [6.07, 6.45) is 0. The van der Waals surface area contributed by atoms with Crippen LogP contribution in [0.4, 0.5) is 34.1 Å². The Morgan fingerprint density at radius 2 is 0.464 bits per heavy atom. The fourth-order valence-electron chi connectivity index (χ4n) is 7.03. The molecule has 0 aromatic heterocycles. The van der Waals surface area contributed by atoms with E-state index in [1.807, 2.05) is 48.5 Å². The van der Waals surface area contributed by atoms with E-state index in [0.29, 0.717) is 0 Å². The average Bonchev–Trinajstić information content (AvgIpc) is 3.27. The van der Waals surface area contributed by atoms with Gasteiger partial charge in [-0.2, -0.15) is 0 Å². The van der Waals surface area contributed by atoms with Gasteiger partial charge in [0.2, 0.25) is 0 Å². The number of benzene rings is 8. The first-order chi connectivity index (χ1) is 27.5. The maximum atomic E-state index is 5.42. The molecule has 0 spiro atoms. The van der Waals surface area contributed by atoms with Crippen LogP contribution in [0.15, 0.2) is 182 Å². The summed E-state index contributed by atoms with van der Waals surface area (Å²) in [4.78, 5) is 4.46. The van der Waals surface area contributed by atoms with Gasteiger partial charge in [0.15, 0.2) is 0 Å². The Morgan fingerprint density at radius 1 is 0.250 bits per heavy atom. The molecule has 6 nitrogen and oxygen atoms in total. The van der Waals surface area contributed by atoms with Crippen molar-refractivity contribution in [3.8, 4) is 45.3 Å². The fourth-order valence-corrected chi connectivity index (χ4v) is 7.03. The van der Waals surface area contributed by atoms with Crippen molar-refractivity contribution in [2.45, 2.75) is 0 Å². The van der Waals surface area contributed by atoms with E-state index in [4.69, 9.17) is 18.9 Å². The Morgan fingerprint density at radius 3 is 0.696 bits per heavy atom. The normalized spacial score (nSPS) is 10.9. The molecule has 8 rings (SSSR count). The number of rotatable bonds is 12. The van der Waals surface area contributed by atoms with Crippen molar-refractivity contribution in [3.63, 3.8) is 0 Å². The summed E-state index contributed by atoms with van der Waals surface area (Å²) >= 11 is 0. The topological polar surface area (TPSA) is 43.4 Å². The molecule has 0 unspecified atom stereocenters. The van der Waals surface area contributed by atoms with Crippen LogP contribution in [0, 0.1) is 0 Å². The van der Waals surface area contributed by atoms with Gasteiger partial charge in [-0.05, 0) is 166 Å². The van der Waals surface area contributed by atoms with Crippen molar-refractivity contribution in [1.29, 1.82) is 0 Å². The molecule has 0 heterocycles. The van der Waals surface area contributed by atoms with E-state index in [1.54, 1.807) is 28.4 Å². The number of ether oxygens (including phenoxy) is 4. The van der Waals surface area contributed by atoms with Crippen molar-refractivity contribution in [1.82, 2.24) is 0 Å². The van der Waals surface area contributed by atoms with E-state index in [0.717, 1.165) is 68.2 Å². The van der Waals surface area contributed by atoms with Crippen LogP contribution in [0.2, 0.25) is 0 Å². The quantitative estimate of drug-likeness (QED) is 0.125. The lowest BCUT2D eigenvalue weighted by Crippen LogP contribution is -2.09. The second kappa shape index (κ2) is 16.0. The molecule has 0 N–H and O–H groups in total. The zero-order valence-electron chi connectivity index (χ0n) is 31.8. The lowest BCUT2D eigenvalue weighted by molar-refractivity contribution is 0.414. The second-order valence-corrected chi connectivity index (χ2v) is 13.3. The number of anilines is 6. The van der Waals surface area contributed by atoms with Gasteiger partial charge >= 0.3 is 0 Å². The Hall–Kier alpha value is -7.18. The zero-order valence-corrected chi connectivity index (χ0v) is 31.8. The third kappa shape index (κ3) is 7.46. The molecule has 0 atom stereocenters. The van der Waals surface area contributed by atoms with Crippen LogP contribution < -0.4 is 28.7 Å². The van der Waals surface area contributed by atoms with E-state index in [1.165, 1.54) is 21.9 Å². The molecule has 0 saturated carbocycles. The lowest BCUT2D eigenvalue weighted by Gasteiger charge is -2.26. The number of methoxy groups -OCH3 is 4. The number of fused-ring (bicyclic) bond motifs is 1. The molecule has 0 aliphatic carbocycles. The zero-order chi connectivity index (χ0) is 38.4. The second-order valence-electron chi connectivity index (χ2n) is 13.3. The predicted molar refractivity (Wildman–Crippen MR) is 230 cm³/mol. The molecule has 0 fully saturated rings. The van der Waals surface area contributed by atoms with E-state index in [9.17, 15) is 0 Å². The van der Waals surface area contributed by atoms with Crippen LogP contribution in [-0.2, 0) is 0 Å². The maximum absolute atomic E-state index is 5.42. The number of hydrogen-bond donors (Lipinski definition) is 0. The van der Waals surface area contributed by atoms with Gasteiger partial charge in [0.25, 0.3) is 0 Å². The highest BCUT2D eigenvalue weighted by atomic mass is 16.5. The van der Waals surface area contributed by atoms with Gasteiger partial charge in [-0.25, -0.2) is 0 Å². The Balaban J connectivity index is 1.05. The van der Waals surface area contributed by atoms with Gasteiger partial charge in [0.05, 0.1) is 28.4 Å². The van der Waals surface area contributed by atoms with Crippen LogP contribution in [0.25, 0.3) is 33.0 Å². The highest BCUT2D eigenvalue weighted by molar-refractivity contribution is 5.91. The molecular weight excluding hydrogens is 693 g/mol. The number of nitrogens with zero attached hydrogens (tertiary/aromatic N) is 2. The van der Waals surface area contributed by atoms with Crippen molar-refractivity contribution < 1.29 is 18.9 Å². The van der Waals surface area contributed by atoms with Gasteiger partial charge in [-0.1, -0.05) is 48.5 Å². The monoisotopic (exact) mass is 734 g/mol. The number of hydrogen-bond acceptors (Lipinski definition) is 6. The molecule has 8 aromatic carbocycles. The largest absolute Gasteiger partial charge is 0.497 e. The van der Waals surface area contributed by atoms with Crippen LogP contribution in [0.3, 0.4) is 0 Å². The fraction of sp³-hybridized carbons (Fsp3) is 0.0800. The van der Waals surface area contributed by atoms with Gasteiger partial charge < -0.3 is 28.7 Å². The molecule has 0 aliphatic rings. The Bertz CT molecular complexity index is 2260. The van der Waals surface area contributed by atoms with Crippen molar-refractivity contribution in [3.05, 3.63) is 182 Å². The third-order valence-corrected chi connectivity index (χ3v) is 10.1. The van der Waals surface area contributed by atoms with Crippen LogP contribution in [0.5, 0.6) is 23.0 Å². The molecular formula is C50H42N2O4. The summed E-state index contributed by atoms with van der Waals surface area (Å²) in [6, 6.07) is 63.3. The predicted octanol–water partition coefficient (Wildman–Crippen LogP) is 13.1. The van der Waals surface area contributed by atoms with Crippen LogP contribution in [0.1, 0.15) is 0 Å². The first-order valence-electron chi connectivity index (χ1n) is 18.4. The highest BCUT2D eigenvalue weighted by Gasteiger charge is 2.15. The summed E-state index contributed by atoms with van der Waals surface area (Å²) < 4.78 is 21.7. The van der Waals surface area contributed by atoms with E-state index in [2.05, 4.69) is 143 Å². The van der Waals surface area contributed by atoms with Crippen molar-refractivity contribution in [2.24, 2.45) is 0 Å². The molecule has 0 bridgehead atoms. The SMILES string of the molecule is COc1ccc(N(c2ccc(OC)cc2)c2ccc(-c3ccc4cc(-c5ccc(N(c6ccc(OC)cc6)c6ccc(OC)cc6)cc5)ccc4c3)cc2)cc1. The molecule has 0 amide bonds. The summed E-state index contributed by atoms with van der Waals surface area (Å²) in [7, 11) is 6.73. The maximum Gasteiger partial charge on any atom is 0.119 e. The highest BCUT2D eigenvalue weighted by Crippen LogP contribution is 2.39. The first kappa shape index (κ1) is 35.8. The first-order valence-corrected chi connectivity index (χ1v) is 18.4. The van der Waals surface area contributed by atoms with Crippen LogP contribution in [-0.4, -0.2) is 28.4 Å².